The Labute approximate surface area is 440 Å². The van der Waals surface area contributed by atoms with E-state index in [4.69, 9.17) is 14.2 Å². The average molecular weight is 1050 g/mol. The molecule has 1 fully saturated rings. The Morgan fingerprint density at radius 2 is 1.00 bits per heavy atom. The first-order chi connectivity index (χ1) is 35.4. The number of hydrogen-bond donors (Lipinski definition) is 7. The molecule has 0 aromatic heterocycles. The molecular weight excluding hydrogens is 942 g/mol. The molecule has 0 spiro atoms. The number of halogens is 3. The molecule has 1 aromatic carbocycles. The van der Waals surface area contributed by atoms with Crippen molar-refractivity contribution in [3.8, 4) is 5.75 Å². The third-order valence-corrected chi connectivity index (χ3v) is 14.4. The van der Waals surface area contributed by atoms with Crippen molar-refractivity contribution in [1.29, 1.82) is 0 Å². The van der Waals surface area contributed by atoms with Crippen molar-refractivity contribution in [2.45, 2.75) is 307 Å². The second-order valence-corrected chi connectivity index (χ2v) is 21.0. The van der Waals surface area contributed by atoms with Crippen LogP contribution in [-0.2, 0) is 14.2 Å². The third-order valence-electron chi connectivity index (χ3n) is 14.4. The second kappa shape index (κ2) is 43.8. The number of unbranched alkanes of at least 4 members (excludes halogenated alkanes) is 34. The van der Waals surface area contributed by atoms with Gasteiger partial charge in [0, 0.05) is 0 Å². The fourth-order valence-corrected chi connectivity index (χ4v) is 9.76. The predicted molar refractivity (Wildman–Crippen MR) is 287 cm³/mol. The van der Waals surface area contributed by atoms with Crippen molar-refractivity contribution >= 4 is 11.8 Å². The van der Waals surface area contributed by atoms with Crippen LogP contribution in [0, 0.1) is 0 Å². The second-order valence-electron chi connectivity index (χ2n) is 21.0. The smallest absolute Gasteiger partial charge is 0.446 e. The number of anilines is 1. The standard InChI is InChI=1S/C58H105F3N2O10/c1-3-5-7-9-11-13-15-17-18-19-20-21-22-23-24-25-26-27-28-30-32-34-36-40-44-62-48(52(65)49(64)42-37-35-33-31-29-16-14-12-10-8-6-4-2)45-70-56-55(68)54(67)53(66)51(72-56)46-71-57(69)63-47-41-38-39-43-50(47)73-58(59,60)61/h38-39,41,43,48-49,51-56,62,64-68H,3-37,40,42,44-46H2,1-2H3,(H,63,69)/t48-,49+,51+,52-,53-,54-,55+,56+/m0/s1. The van der Waals surface area contributed by atoms with Gasteiger partial charge in [-0.25, -0.2) is 4.79 Å². The SMILES string of the molecule is CCCCCCCCCCCCCCCCCCCCCCCCCCN[C@@H](CO[C@@H]1O[C@H](COC(=O)Nc2ccccc2OC(F)(F)F)[C@H](O)[C@H](O)[C@H]1O)[C@H](O)[C@H](O)CCCCCCCCCCCCCC. The van der Waals surface area contributed by atoms with E-state index in [1.165, 1.54) is 204 Å². The van der Waals surface area contributed by atoms with Crippen LogP contribution in [0.15, 0.2) is 24.3 Å². The van der Waals surface area contributed by atoms with Gasteiger partial charge in [-0.05, 0) is 31.5 Å². The summed E-state index contributed by atoms with van der Waals surface area (Å²) in [5.41, 5.74) is -0.323. The van der Waals surface area contributed by atoms with Crippen molar-refractivity contribution in [3.63, 3.8) is 0 Å². The van der Waals surface area contributed by atoms with E-state index >= 15 is 0 Å². The normalized spacial score (nSPS) is 19.5. The molecule has 0 saturated carbocycles. The Bertz CT molecular complexity index is 1430. The number of nitrogens with one attached hydrogen (secondary N) is 2. The molecule has 0 bridgehead atoms. The molecule has 428 valence electrons. The van der Waals surface area contributed by atoms with E-state index in [9.17, 15) is 43.5 Å². The minimum atomic E-state index is -5.01. The van der Waals surface area contributed by atoms with Gasteiger partial charge in [0.15, 0.2) is 12.0 Å². The first kappa shape index (κ1) is 66.9. The number of aliphatic hydroxyl groups is 5. The van der Waals surface area contributed by atoms with E-state index in [2.05, 4.69) is 29.2 Å². The van der Waals surface area contributed by atoms with Gasteiger partial charge in [0.05, 0.1) is 30.5 Å². The fourth-order valence-electron chi connectivity index (χ4n) is 9.76. The number of amides is 1. The summed E-state index contributed by atoms with van der Waals surface area (Å²) in [6, 6.07) is 4.10. The number of rotatable bonds is 48. The first-order valence-electron chi connectivity index (χ1n) is 29.6. The van der Waals surface area contributed by atoms with Crippen LogP contribution in [0.3, 0.4) is 0 Å². The summed E-state index contributed by atoms with van der Waals surface area (Å²) in [5.74, 6) is -0.668. The number of carbonyl (C=O) groups is 1. The molecular formula is C58H105F3N2O10. The number of hydrogen-bond acceptors (Lipinski definition) is 11. The molecule has 1 aliphatic heterocycles. The Kier molecular flexibility index (Phi) is 40.1. The van der Waals surface area contributed by atoms with Crippen LogP contribution < -0.4 is 15.4 Å². The van der Waals surface area contributed by atoms with E-state index in [0.29, 0.717) is 13.0 Å². The number of para-hydroxylation sites is 2. The number of benzene rings is 1. The van der Waals surface area contributed by atoms with Crippen molar-refractivity contribution < 1.29 is 62.4 Å². The zero-order valence-corrected chi connectivity index (χ0v) is 45.6. The van der Waals surface area contributed by atoms with Gasteiger partial charge in [0.25, 0.3) is 0 Å². The fraction of sp³-hybridized carbons (Fsp3) is 0.879. The molecule has 1 aromatic rings. The van der Waals surface area contributed by atoms with Crippen LogP contribution in [0.4, 0.5) is 23.7 Å². The van der Waals surface area contributed by atoms with E-state index < -0.39 is 73.8 Å². The van der Waals surface area contributed by atoms with Gasteiger partial charge in [-0.15, -0.1) is 13.2 Å². The van der Waals surface area contributed by atoms with E-state index in [-0.39, 0.29) is 12.3 Å². The van der Waals surface area contributed by atoms with Crippen molar-refractivity contribution in [2.75, 3.05) is 25.1 Å². The van der Waals surface area contributed by atoms with Crippen LogP contribution >= 0.6 is 0 Å². The van der Waals surface area contributed by atoms with E-state index in [0.717, 1.165) is 51.0 Å². The molecule has 8 atom stereocenters. The lowest BCUT2D eigenvalue weighted by atomic mass is 9.98. The highest BCUT2D eigenvalue weighted by atomic mass is 19.4. The van der Waals surface area contributed by atoms with E-state index in [1.54, 1.807) is 0 Å². The molecule has 7 N–H and O–H groups in total. The number of ether oxygens (including phenoxy) is 4. The van der Waals surface area contributed by atoms with Crippen LogP contribution in [0.25, 0.3) is 0 Å². The van der Waals surface area contributed by atoms with Crippen LogP contribution in [0.2, 0.25) is 0 Å². The highest BCUT2D eigenvalue weighted by Crippen LogP contribution is 2.30. The summed E-state index contributed by atoms with van der Waals surface area (Å²) in [4.78, 5) is 12.6. The van der Waals surface area contributed by atoms with Crippen molar-refractivity contribution in [1.82, 2.24) is 5.32 Å². The lowest BCUT2D eigenvalue weighted by molar-refractivity contribution is -0.302. The maximum Gasteiger partial charge on any atom is 0.573 e. The third kappa shape index (κ3) is 34.2. The molecule has 73 heavy (non-hydrogen) atoms. The van der Waals surface area contributed by atoms with Gasteiger partial charge in [-0.1, -0.05) is 251 Å². The molecule has 0 unspecified atom stereocenters. The van der Waals surface area contributed by atoms with Gasteiger partial charge >= 0.3 is 12.5 Å². The zero-order chi connectivity index (χ0) is 53.2. The maximum absolute atomic E-state index is 12.9. The van der Waals surface area contributed by atoms with Crippen LogP contribution in [0.1, 0.15) is 251 Å². The monoisotopic (exact) mass is 1050 g/mol. The zero-order valence-electron chi connectivity index (χ0n) is 45.6. The molecule has 1 aliphatic rings. The maximum atomic E-state index is 12.9. The summed E-state index contributed by atoms with van der Waals surface area (Å²) in [7, 11) is 0. The largest absolute Gasteiger partial charge is 0.573 e. The van der Waals surface area contributed by atoms with E-state index in [1.807, 2.05) is 0 Å². The first-order valence-corrected chi connectivity index (χ1v) is 29.6. The molecule has 1 heterocycles. The molecule has 12 nitrogen and oxygen atoms in total. The molecule has 1 saturated heterocycles. The van der Waals surface area contributed by atoms with Gasteiger partial charge in [-0.3, -0.25) is 5.32 Å². The minimum absolute atomic E-state index is 0.231. The van der Waals surface area contributed by atoms with Crippen molar-refractivity contribution in [2.24, 2.45) is 0 Å². The number of carbonyl (C=O) groups excluding carboxylic acids is 1. The van der Waals surface area contributed by atoms with Gasteiger partial charge in [0.2, 0.25) is 0 Å². The predicted octanol–water partition coefficient (Wildman–Crippen LogP) is 14.1. The molecule has 0 radical (unpaired) electrons. The molecule has 2 rings (SSSR count). The molecule has 15 heteroatoms. The summed E-state index contributed by atoms with van der Waals surface area (Å²) < 4.78 is 59.4. The molecule has 0 aliphatic carbocycles. The highest BCUT2D eigenvalue weighted by molar-refractivity contribution is 5.86. The highest BCUT2D eigenvalue weighted by Gasteiger charge is 2.45. The summed E-state index contributed by atoms with van der Waals surface area (Å²) in [5, 5.41) is 60.2. The minimum Gasteiger partial charge on any atom is -0.446 e. The Hall–Kier alpha value is -2.24. The Morgan fingerprint density at radius 3 is 1.44 bits per heavy atom. The Balaban J connectivity index is 1.74. The average Bonchev–Trinajstić information content (AvgIpc) is 3.36. The quantitative estimate of drug-likeness (QED) is 0.0309. The van der Waals surface area contributed by atoms with Gasteiger partial charge < -0.3 is 49.8 Å². The molecule has 1 amide bonds. The topological polar surface area (TPSA) is 179 Å². The Morgan fingerprint density at radius 1 is 0.589 bits per heavy atom. The number of alkyl halides is 3. The van der Waals surface area contributed by atoms with Crippen LogP contribution in [0.5, 0.6) is 5.75 Å². The number of aliphatic hydroxyl groups excluding tert-OH is 5. The van der Waals surface area contributed by atoms with Gasteiger partial charge in [0.1, 0.15) is 31.0 Å². The summed E-state index contributed by atoms with van der Waals surface area (Å²) >= 11 is 0. The lowest BCUT2D eigenvalue weighted by Gasteiger charge is -2.40. The lowest BCUT2D eigenvalue weighted by Crippen LogP contribution is -2.60. The van der Waals surface area contributed by atoms with Crippen molar-refractivity contribution in [3.05, 3.63) is 24.3 Å². The van der Waals surface area contributed by atoms with Crippen LogP contribution in [-0.4, -0.2) is 107 Å². The summed E-state index contributed by atoms with van der Waals surface area (Å²) in [6.07, 6.45) is 29.5. The van der Waals surface area contributed by atoms with Gasteiger partial charge in [-0.2, -0.15) is 0 Å². The summed E-state index contributed by atoms with van der Waals surface area (Å²) in [6.45, 7) is 4.16.